The molecule has 0 saturated heterocycles. The highest BCUT2D eigenvalue weighted by Gasteiger charge is 2.05. The summed E-state index contributed by atoms with van der Waals surface area (Å²) >= 11 is 0. The van der Waals surface area contributed by atoms with Gasteiger partial charge >= 0.3 is 0 Å². The van der Waals surface area contributed by atoms with Gasteiger partial charge in [0.05, 0.1) is 12.2 Å². The number of hydrogen-bond acceptors (Lipinski definition) is 5. The molecule has 0 radical (unpaired) electrons. The lowest BCUT2D eigenvalue weighted by Gasteiger charge is -2.06. The molecular formula is C12H13N5O. The van der Waals surface area contributed by atoms with Crippen molar-refractivity contribution in [1.29, 1.82) is 0 Å². The molecule has 0 aliphatic carbocycles. The molecule has 0 atom stereocenters. The molecule has 0 bridgehead atoms. The molecule has 0 aliphatic rings. The minimum absolute atomic E-state index is 0.210. The van der Waals surface area contributed by atoms with Gasteiger partial charge in [-0.1, -0.05) is 0 Å². The van der Waals surface area contributed by atoms with Crippen LogP contribution in [0.25, 0.3) is 0 Å². The van der Waals surface area contributed by atoms with E-state index in [1.807, 2.05) is 12.1 Å². The molecule has 0 aromatic carbocycles. The molecule has 2 heterocycles. The van der Waals surface area contributed by atoms with E-state index in [1.165, 1.54) is 0 Å². The van der Waals surface area contributed by atoms with E-state index in [0.717, 1.165) is 11.4 Å². The summed E-state index contributed by atoms with van der Waals surface area (Å²) in [5.74, 6) is -0.210. The Morgan fingerprint density at radius 1 is 1.33 bits per heavy atom. The van der Waals surface area contributed by atoms with Crippen LogP contribution in [0.1, 0.15) is 16.2 Å². The zero-order valence-electron chi connectivity index (χ0n) is 9.92. The lowest BCUT2D eigenvalue weighted by Crippen LogP contribution is -2.19. The number of aromatic nitrogens is 3. The van der Waals surface area contributed by atoms with E-state index in [2.05, 4.69) is 25.8 Å². The molecule has 0 fully saturated rings. The lowest BCUT2D eigenvalue weighted by atomic mass is 10.3. The molecule has 0 spiro atoms. The van der Waals surface area contributed by atoms with Crippen LogP contribution in [0.2, 0.25) is 0 Å². The highest BCUT2D eigenvalue weighted by Crippen LogP contribution is 2.09. The summed E-state index contributed by atoms with van der Waals surface area (Å²) in [5.41, 5.74) is 2.02. The van der Waals surface area contributed by atoms with Gasteiger partial charge in [-0.05, 0) is 24.3 Å². The van der Waals surface area contributed by atoms with Crippen molar-refractivity contribution < 1.29 is 4.79 Å². The van der Waals surface area contributed by atoms with Crippen molar-refractivity contribution in [3.05, 3.63) is 48.0 Å². The van der Waals surface area contributed by atoms with Crippen LogP contribution in [-0.2, 0) is 6.54 Å². The molecular weight excluding hydrogens is 230 g/mol. The van der Waals surface area contributed by atoms with Crippen LogP contribution in [-0.4, -0.2) is 28.1 Å². The smallest absolute Gasteiger partial charge is 0.269 e. The number of rotatable bonds is 4. The number of anilines is 1. The van der Waals surface area contributed by atoms with Crippen molar-refractivity contribution in [2.75, 3.05) is 12.4 Å². The summed E-state index contributed by atoms with van der Waals surface area (Å²) in [6.45, 7) is 0.547. The van der Waals surface area contributed by atoms with Gasteiger partial charge in [0.2, 0.25) is 0 Å². The number of nitrogens with zero attached hydrogens (tertiary/aromatic N) is 3. The summed E-state index contributed by atoms with van der Waals surface area (Å²) < 4.78 is 0. The number of nitrogens with one attached hydrogen (secondary N) is 2. The van der Waals surface area contributed by atoms with Crippen molar-refractivity contribution in [2.45, 2.75) is 6.54 Å². The van der Waals surface area contributed by atoms with Crippen LogP contribution in [0.3, 0.4) is 0 Å². The van der Waals surface area contributed by atoms with Gasteiger partial charge in [0.15, 0.2) is 0 Å². The maximum atomic E-state index is 11.4. The Labute approximate surface area is 104 Å². The number of carbonyl (C=O) groups is 1. The topological polar surface area (TPSA) is 79.8 Å². The molecule has 18 heavy (non-hydrogen) atoms. The van der Waals surface area contributed by atoms with Gasteiger partial charge in [-0.25, -0.2) is 0 Å². The number of hydrogen-bond donors (Lipinski definition) is 2. The van der Waals surface area contributed by atoms with Gasteiger partial charge in [-0.15, -0.1) is 0 Å². The van der Waals surface area contributed by atoms with E-state index in [9.17, 15) is 4.79 Å². The van der Waals surface area contributed by atoms with Crippen LogP contribution in [0.4, 0.5) is 5.69 Å². The van der Waals surface area contributed by atoms with Crippen LogP contribution in [0.5, 0.6) is 0 Å². The van der Waals surface area contributed by atoms with Crippen molar-refractivity contribution in [3.63, 3.8) is 0 Å². The number of pyridine rings is 1. The van der Waals surface area contributed by atoms with Gasteiger partial charge in [0, 0.05) is 25.1 Å². The maximum Gasteiger partial charge on any atom is 0.269 e. The SMILES string of the molecule is CNC(=O)c1cc(NCc2cccnn2)ccn1. The molecule has 2 aromatic heterocycles. The Kier molecular flexibility index (Phi) is 3.80. The predicted octanol–water partition coefficient (Wildman–Crippen LogP) is 0.843. The summed E-state index contributed by atoms with van der Waals surface area (Å²) in [4.78, 5) is 15.4. The zero-order chi connectivity index (χ0) is 12.8. The standard InChI is InChI=1S/C12H13N5O/c1-13-12(18)11-7-9(4-6-14-11)15-8-10-3-2-5-16-17-10/h2-7H,8H2,1H3,(H,13,18)(H,14,15). The largest absolute Gasteiger partial charge is 0.379 e. The first-order chi connectivity index (χ1) is 8.79. The average molecular weight is 243 g/mol. The van der Waals surface area contributed by atoms with Crippen molar-refractivity contribution >= 4 is 11.6 Å². The van der Waals surface area contributed by atoms with Crippen LogP contribution in [0, 0.1) is 0 Å². The third kappa shape index (κ3) is 3.00. The second-order valence-electron chi connectivity index (χ2n) is 3.58. The van der Waals surface area contributed by atoms with Crippen LogP contribution < -0.4 is 10.6 Å². The molecule has 2 aromatic rings. The molecule has 1 amide bonds. The summed E-state index contributed by atoms with van der Waals surface area (Å²) in [6.07, 6.45) is 3.21. The molecule has 2 N–H and O–H groups in total. The number of carbonyl (C=O) groups excluding carboxylic acids is 1. The second kappa shape index (κ2) is 5.72. The molecule has 0 unspecified atom stereocenters. The molecule has 92 valence electrons. The molecule has 0 aliphatic heterocycles. The highest BCUT2D eigenvalue weighted by molar-refractivity contribution is 5.92. The third-order valence-corrected chi connectivity index (χ3v) is 2.32. The Balaban J connectivity index is 2.04. The second-order valence-corrected chi connectivity index (χ2v) is 3.58. The summed E-state index contributed by atoms with van der Waals surface area (Å²) in [7, 11) is 1.57. The van der Waals surface area contributed by atoms with E-state index in [4.69, 9.17) is 0 Å². The molecule has 6 nitrogen and oxygen atoms in total. The Morgan fingerprint density at radius 2 is 2.22 bits per heavy atom. The van der Waals surface area contributed by atoms with Crippen LogP contribution in [0.15, 0.2) is 36.7 Å². The van der Waals surface area contributed by atoms with Crippen molar-refractivity contribution in [3.8, 4) is 0 Å². The number of amides is 1. The molecule has 0 saturated carbocycles. The summed E-state index contributed by atoms with van der Waals surface area (Å²) in [5, 5.41) is 13.4. The maximum absolute atomic E-state index is 11.4. The van der Waals surface area contributed by atoms with E-state index in [-0.39, 0.29) is 5.91 Å². The quantitative estimate of drug-likeness (QED) is 0.832. The fourth-order valence-corrected chi connectivity index (χ4v) is 1.41. The van der Waals surface area contributed by atoms with Gasteiger partial charge in [0.1, 0.15) is 5.69 Å². The fourth-order valence-electron chi connectivity index (χ4n) is 1.41. The minimum atomic E-state index is -0.210. The van der Waals surface area contributed by atoms with E-state index >= 15 is 0 Å². The van der Waals surface area contributed by atoms with Gasteiger partial charge in [-0.3, -0.25) is 9.78 Å². The van der Waals surface area contributed by atoms with Gasteiger partial charge in [-0.2, -0.15) is 10.2 Å². The van der Waals surface area contributed by atoms with Crippen molar-refractivity contribution in [1.82, 2.24) is 20.5 Å². The summed E-state index contributed by atoms with van der Waals surface area (Å²) in [6, 6.07) is 7.19. The highest BCUT2D eigenvalue weighted by atomic mass is 16.1. The average Bonchev–Trinajstić information content (AvgIpc) is 2.45. The fraction of sp³-hybridized carbons (Fsp3) is 0.167. The van der Waals surface area contributed by atoms with Gasteiger partial charge in [0.25, 0.3) is 5.91 Å². The lowest BCUT2D eigenvalue weighted by molar-refractivity contribution is 0.0958. The van der Waals surface area contributed by atoms with Crippen molar-refractivity contribution in [2.24, 2.45) is 0 Å². The van der Waals surface area contributed by atoms with E-state index < -0.39 is 0 Å². The Hall–Kier alpha value is -2.50. The first-order valence-corrected chi connectivity index (χ1v) is 5.48. The monoisotopic (exact) mass is 243 g/mol. The molecule has 6 heteroatoms. The third-order valence-electron chi connectivity index (χ3n) is 2.32. The predicted molar refractivity (Wildman–Crippen MR) is 67.0 cm³/mol. The zero-order valence-corrected chi connectivity index (χ0v) is 9.92. The van der Waals surface area contributed by atoms with Gasteiger partial charge < -0.3 is 10.6 Å². The first-order valence-electron chi connectivity index (χ1n) is 5.48. The Morgan fingerprint density at radius 3 is 2.94 bits per heavy atom. The Bertz CT molecular complexity index is 529. The van der Waals surface area contributed by atoms with E-state index in [0.29, 0.717) is 12.2 Å². The van der Waals surface area contributed by atoms with Crippen LogP contribution >= 0.6 is 0 Å². The first kappa shape index (κ1) is 12.0. The van der Waals surface area contributed by atoms with E-state index in [1.54, 1.807) is 31.6 Å². The molecule has 2 rings (SSSR count). The normalized spacial score (nSPS) is 9.83. The minimum Gasteiger partial charge on any atom is -0.379 e.